The lowest BCUT2D eigenvalue weighted by Crippen LogP contribution is -2.37. The van der Waals surface area contributed by atoms with E-state index in [0.29, 0.717) is 31.7 Å². The molecule has 29 heavy (non-hydrogen) atoms. The van der Waals surface area contributed by atoms with Gasteiger partial charge >= 0.3 is 5.97 Å². The highest BCUT2D eigenvalue weighted by Gasteiger charge is 2.45. The van der Waals surface area contributed by atoms with E-state index in [0.717, 1.165) is 16.7 Å². The molecule has 2 aliphatic heterocycles. The lowest BCUT2D eigenvalue weighted by molar-refractivity contribution is -0.144. The number of amides is 1. The molecule has 0 saturated carbocycles. The summed E-state index contributed by atoms with van der Waals surface area (Å²) < 4.78 is 12.6. The summed E-state index contributed by atoms with van der Waals surface area (Å²) in [5, 5.41) is 4.30. The van der Waals surface area contributed by atoms with Crippen molar-refractivity contribution in [3.8, 4) is 0 Å². The molecule has 1 aromatic heterocycles. The van der Waals surface area contributed by atoms with E-state index in [1.807, 2.05) is 30.4 Å². The van der Waals surface area contributed by atoms with E-state index in [-0.39, 0.29) is 23.2 Å². The fourth-order valence-corrected chi connectivity index (χ4v) is 4.65. The van der Waals surface area contributed by atoms with Crippen molar-refractivity contribution >= 4 is 11.9 Å². The van der Waals surface area contributed by atoms with Crippen LogP contribution in [0.4, 0.5) is 0 Å². The van der Waals surface area contributed by atoms with Gasteiger partial charge in [-0.15, -0.1) is 0 Å². The molecule has 0 N–H and O–H groups in total. The lowest BCUT2D eigenvalue weighted by atomic mass is 9.79. The quantitative estimate of drug-likeness (QED) is 0.744. The zero-order valence-corrected chi connectivity index (χ0v) is 17.3. The average molecular weight is 397 g/mol. The highest BCUT2D eigenvalue weighted by molar-refractivity contribution is 5.92. The Balaban J connectivity index is 1.61. The average Bonchev–Trinajstić information content (AvgIpc) is 3.27. The third-order valence-electron chi connectivity index (χ3n) is 6.14. The van der Waals surface area contributed by atoms with Crippen LogP contribution in [0, 0.1) is 5.41 Å². The van der Waals surface area contributed by atoms with Gasteiger partial charge in [-0.25, -0.2) is 4.79 Å². The van der Waals surface area contributed by atoms with Gasteiger partial charge in [-0.1, -0.05) is 26.0 Å². The Labute approximate surface area is 170 Å². The van der Waals surface area contributed by atoms with E-state index in [4.69, 9.17) is 9.47 Å². The first-order chi connectivity index (χ1) is 13.8. The van der Waals surface area contributed by atoms with Gasteiger partial charge in [-0.2, -0.15) is 5.10 Å². The molecule has 0 bridgehead atoms. The van der Waals surface area contributed by atoms with Crippen LogP contribution in [-0.4, -0.2) is 53.4 Å². The summed E-state index contributed by atoms with van der Waals surface area (Å²) in [5.74, 6) is -0.217. The number of hydrogen-bond acceptors (Lipinski definition) is 5. The van der Waals surface area contributed by atoms with Crippen LogP contribution in [0.2, 0.25) is 0 Å². The van der Waals surface area contributed by atoms with Crippen molar-refractivity contribution in [2.75, 3.05) is 26.8 Å². The zero-order chi connectivity index (χ0) is 20.8. The van der Waals surface area contributed by atoms with Crippen molar-refractivity contribution in [3.63, 3.8) is 0 Å². The molecule has 4 rings (SSSR count). The van der Waals surface area contributed by atoms with Crippen LogP contribution in [0.15, 0.2) is 30.6 Å². The number of aryl methyl sites for hydroxylation is 1. The minimum absolute atomic E-state index is 0.0487. The third-order valence-corrected chi connectivity index (χ3v) is 6.14. The van der Waals surface area contributed by atoms with E-state index < -0.39 is 6.10 Å². The Morgan fingerprint density at radius 3 is 2.79 bits per heavy atom. The maximum absolute atomic E-state index is 13.4. The van der Waals surface area contributed by atoms with Crippen molar-refractivity contribution < 1.29 is 19.1 Å². The first kappa shape index (κ1) is 19.6. The van der Waals surface area contributed by atoms with Crippen LogP contribution in [0.1, 0.15) is 52.9 Å². The van der Waals surface area contributed by atoms with E-state index in [1.165, 1.54) is 7.11 Å². The van der Waals surface area contributed by atoms with Gasteiger partial charge in [0.1, 0.15) is 0 Å². The van der Waals surface area contributed by atoms with Crippen LogP contribution in [-0.2, 0) is 27.7 Å². The van der Waals surface area contributed by atoms with E-state index in [2.05, 4.69) is 18.9 Å². The molecule has 7 heteroatoms. The van der Waals surface area contributed by atoms with Gasteiger partial charge in [-0.05, 0) is 34.6 Å². The fourth-order valence-electron chi connectivity index (χ4n) is 4.65. The molecule has 3 heterocycles. The lowest BCUT2D eigenvalue weighted by Gasteiger charge is -2.30. The molecule has 1 amide bonds. The second-order valence-corrected chi connectivity index (χ2v) is 8.57. The molecule has 2 unspecified atom stereocenters. The molecule has 0 spiro atoms. The van der Waals surface area contributed by atoms with Gasteiger partial charge in [0.25, 0.3) is 5.91 Å². The Morgan fingerprint density at radius 2 is 2.10 bits per heavy atom. The van der Waals surface area contributed by atoms with Gasteiger partial charge < -0.3 is 14.4 Å². The number of methoxy groups -OCH3 is 1. The minimum atomic E-state index is -0.688. The molecule has 2 atom stereocenters. The summed E-state index contributed by atoms with van der Waals surface area (Å²) in [7, 11) is 3.27. The molecule has 7 nitrogen and oxygen atoms in total. The van der Waals surface area contributed by atoms with Crippen LogP contribution >= 0.6 is 0 Å². The first-order valence-electron chi connectivity index (χ1n) is 9.91. The Hall–Kier alpha value is -2.67. The number of aromatic nitrogens is 2. The Bertz CT molecular complexity index is 949. The van der Waals surface area contributed by atoms with Crippen LogP contribution in [0.3, 0.4) is 0 Å². The van der Waals surface area contributed by atoms with E-state index in [1.54, 1.807) is 16.8 Å². The van der Waals surface area contributed by atoms with Crippen molar-refractivity contribution in [1.82, 2.24) is 14.7 Å². The topological polar surface area (TPSA) is 73.7 Å². The smallest absolute Gasteiger partial charge is 0.338 e. The summed E-state index contributed by atoms with van der Waals surface area (Å²) in [6.07, 6.45) is 3.81. The summed E-state index contributed by atoms with van der Waals surface area (Å²) in [4.78, 5) is 27.5. The fraction of sp³-hybridized carbons (Fsp3) is 0.500. The summed E-state index contributed by atoms with van der Waals surface area (Å²) in [6.45, 7) is 6.05. The number of benzene rings is 1. The number of nitrogens with zero attached hydrogens (tertiary/aromatic N) is 3. The number of rotatable bonds is 3. The summed E-state index contributed by atoms with van der Waals surface area (Å²) in [6, 6.07) is 5.41. The number of esters is 1. The molecule has 1 saturated heterocycles. The molecule has 2 aliphatic rings. The number of ether oxygens (including phenoxy) is 2. The highest BCUT2D eigenvalue weighted by atomic mass is 16.5. The maximum atomic E-state index is 13.4. The van der Waals surface area contributed by atoms with Gasteiger partial charge in [0.2, 0.25) is 0 Å². The van der Waals surface area contributed by atoms with Crippen molar-refractivity contribution in [2.45, 2.75) is 32.3 Å². The van der Waals surface area contributed by atoms with Gasteiger partial charge in [0.15, 0.2) is 6.10 Å². The van der Waals surface area contributed by atoms with E-state index in [9.17, 15) is 9.59 Å². The Kier molecular flexibility index (Phi) is 4.94. The first-order valence-corrected chi connectivity index (χ1v) is 9.91. The van der Waals surface area contributed by atoms with Crippen molar-refractivity contribution in [2.24, 2.45) is 12.5 Å². The van der Waals surface area contributed by atoms with E-state index >= 15 is 0 Å². The number of likely N-dealkylation sites (tertiary alicyclic amines) is 1. The molecule has 0 aliphatic carbocycles. The molecule has 154 valence electrons. The highest BCUT2D eigenvalue weighted by Crippen LogP contribution is 2.43. The maximum Gasteiger partial charge on any atom is 0.338 e. The predicted molar refractivity (Wildman–Crippen MR) is 106 cm³/mol. The van der Waals surface area contributed by atoms with Gasteiger partial charge in [0.05, 0.1) is 25.5 Å². The number of fused-ring (bicyclic) bond motifs is 1. The number of carbonyl (C=O) groups excluding carboxylic acids is 2. The minimum Gasteiger partial charge on any atom is -0.465 e. The third kappa shape index (κ3) is 3.44. The second kappa shape index (κ2) is 7.30. The number of hydrogen-bond donors (Lipinski definition) is 0. The van der Waals surface area contributed by atoms with Crippen LogP contribution < -0.4 is 0 Å². The largest absolute Gasteiger partial charge is 0.465 e. The van der Waals surface area contributed by atoms with Crippen molar-refractivity contribution in [3.05, 3.63) is 52.8 Å². The monoisotopic (exact) mass is 397 g/mol. The van der Waals surface area contributed by atoms with Crippen LogP contribution in [0.5, 0.6) is 0 Å². The second-order valence-electron chi connectivity index (χ2n) is 8.57. The molecule has 2 aromatic rings. The molecule has 1 aromatic carbocycles. The van der Waals surface area contributed by atoms with Gasteiger partial charge in [0, 0.05) is 32.3 Å². The summed E-state index contributed by atoms with van der Waals surface area (Å²) >= 11 is 0. The normalized spacial score (nSPS) is 23.0. The summed E-state index contributed by atoms with van der Waals surface area (Å²) in [5.41, 5.74) is 3.22. The zero-order valence-electron chi connectivity index (χ0n) is 17.3. The van der Waals surface area contributed by atoms with Gasteiger partial charge in [-0.3, -0.25) is 9.48 Å². The standard InChI is InChI=1S/C22H27N3O4/c1-22(2)13-25(12-18(22)14-10-23-24(3)11-14)20(26)19-16-6-5-7-17(21(27)28-4)15(16)8-9-29-19/h5-7,10-11,18-19H,8-9,12-13H2,1-4H3. The molecule has 0 radical (unpaired) electrons. The molecular formula is C22H27N3O4. The SMILES string of the molecule is COC(=O)c1cccc2c1CCOC2C(=O)N1CC(c2cnn(C)c2)C(C)(C)C1. The molecule has 1 fully saturated rings. The van der Waals surface area contributed by atoms with Crippen molar-refractivity contribution in [1.29, 1.82) is 0 Å². The Morgan fingerprint density at radius 1 is 1.31 bits per heavy atom. The predicted octanol–water partition coefficient (Wildman–Crippen LogP) is 2.47. The van der Waals surface area contributed by atoms with Crippen LogP contribution in [0.25, 0.3) is 0 Å². The molecular weight excluding hydrogens is 370 g/mol. The number of carbonyl (C=O) groups is 2.